The molecule has 8 heteroatoms. The lowest BCUT2D eigenvalue weighted by atomic mass is 9.80. The zero-order valence-corrected chi connectivity index (χ0v) is 19.0. The van der Waals surface area contributed by atoms with E-state index in [9.17, 15) is 14.4 Å². The zero-order valence-electron chi connectivity index (χ0n) is 18.2. The predicted octanol–water partition coefficient (Wildman–Crippen LogP) is 3.58. The Balaban J connectivity index is 1.62. The molecule has 0 unspecified atom stereocenters. The van der Waals surface area contributed by atoms with Crippen molar-refractivity contribution in [3.05, 3.63) is 28.8 Å². The number of halogens is 1. The molecule has 0 bridgehead atoms. The molecular formula is C23H31ClN2O5. The van der Waals surface area contributed by atoms with E-state index in [1.54, 1.807) is 30.0 Å². The topological polar surface area (TPSA) is 84.9 Å². The number of carbonyl (C=O) groups excluding carboxylic acids is 3. The predicted molar refractivity (Wildman–Crippen MR) is 117 cm³/mol. The highest BCUT2D eigenvalue weighted by atomic mass is 35.5. The van der Waals surface area contributed by atoms with Gasteiger partial charge in [0.25, 0.3) is 5.91 Å². The van der Waals surface area contributed by atoms with E-state index in [2.05, 4.69) is 5.32 Å². The van der Waals surface area contributed by atoms with Gasteiger partial charge in [-0.25, -0.2) is 4.79 Å². The van der Waals surface area contributed by atoms with Crippen LogP contribution in [0.5, 0.6) is 5.75 Å². The van der Waals surface area contributed by atoms with Crippen LogP contribution < -0.4 is 10.1 Å². The summed E-state index contributed by atoms with van der Waals surface area (Å²) in [7, 11) is 1.52. The molecule has 1 aliphatic carbocycles. The van der Waals surface area contributed by atoms with Crippen LogP contribution in [-0.2, 0) is 14.3 Å². The summed E-state index contributed by atoms with van der Waals surface area (Å²) >= 11 is 6.06. The number of likely N-dealkylation sites (tertiary alicyclic amines) is 1. The van der Waals surface area contributed by atoms with Gasteiger partial charge in [-0.05, 0) is 50.8 Å². The Kier molecular flexibility index (Phi) is 7.81. The van der Waals surface area contributed by atoms with Crippen molar-refractivity contribution in [1.29, 1.82) is 0 Å². The minimum Gasteiger partial charge on any atom is -0.496 e. The molecule has 1 saturated heterocycles. The van der Waals surface area contributed by atoms with Crippen LogP contribution in [-0.4, -0.2) is 55.0 Å². The first-order valence-electron chi connectivity index (χ1n) is 11.0. The van der Waals surface area contributed by atoms with E-state index in [0.717, 1.165) is 19.3 Å². The number of rotatable bonds is 6. The molecule has 1 heterocycles. The van der Waals surface area contributed by atoms with E-state index in [0.29, 0.717) is 61.7 Å². The number of methoxy groups -OCH3 is 1. The normalized spacial score (nSPS) is 18.9. The molecule has 2 fully saturated rings. The summed E-state index contributed by atoms with van der Waals surface area (Å²) in [6.07, 6.45) is 5.16. The van der Waals surface area contributed by atoms with Gasteiger partial charge in [0.1, 0.15) is 11.3 Å². The molecule has 0 spiro atoms. The van der Waals surface area contributed by atoms with Gasteiger partial charge in [-0.15, -0.1) is 0 Å². The maximum absolute atomic E-state index is 13.0. The lowest BCUT2D eigenvalue weighted by molar-refractivity contribution is -0.155. The molecule has 31 heavy (non-hydrogen) atoms. The Labute approximate surface area is 188 Å². The molecule has 1 aromatic carbocycles. The van der Waals surface area contributed by atoms with E-state index in [1.807, 2.05) is 0 Å². The first-order chi connectivity index (χ1) is 14.9. The molecular weight excluding hydrogens is 420 g/mol. The number of esters is 1. The van der Waals surface area contributed by atoms with Gasteiger partial charge in [-0.3, -0.25) is 9.59 Å². The number of amides is 2. The first-order valence-corrected chi connectivity index (χ1v) is 11.4. The number of nitrogens with zero attached hydrogens (tertiary/aromatic N) is 1. The summed E-state index contributed by atoms with van der Waals surface area (Å²) in [4.78, 5) is 40.3. The van der Waals surface area contributed by atoms with Crippen LogP contribution in [0.3, 0.4) is 0 Å². The third kappa shape index (κ3) is 5.32. The van der Waals surface area contributed by atoms with Crippen molar-refractivity contribution in [3.63, 3.8) is 0 Å². The Morgan fingerprint density at radius 3 is 2.45 bits per heavy atom. The summed E-state index contributed by atoms with van der Waals surface area (Å²) in [5.41, 5.74) is -0.492. The van der Waals surface area contributed by atoms with Crippen LogP contribution in [0.15, 0.2) is 18.2 Å². The van der Waals surface area contributed by atoms with Crippen molar-refractivity contribution in [2.45, 2.75) is 57.4 Å². The summed E-state index contributed by atoms with van der Waals surface area (Å²) in [6, 6.07) is 4.96. The van der Waals surface area contributed by atoms with Crippen LogP contribution in [0, 0.1) is 5.92 Å². The van der Waals surface area contributed by atoms with Crippen molar-refractivity contribution in [2.24, 2.45) is 5.92 Å². The SMILES string of the molecule is CCOC(=O)C1(NC(=O)C2CCN(C(=O)c3cc(Cl)ccc3OC)CC2)CCCCC1. The second kappa shape index (κ2) is 10.4. The fourth-order valence-electron chi connectivity index (χ4n) is 4.51. The Morgan fingerprint density at radius 2 is 1.84 bits per heavy atom. The maximum Gasteiger partial charge on any atom is 0.331 e. The van der Waals surface area contributed by atoms with Crippen LogP contribution >= 0.6 is 11.6 Å². The number of benzene rings is 1. The molecule has 2 aliphatic rings. The first kappa shape index (κ1) is 23.4. The molecule has 1 saturated carbocycles. The van der Waals surface area contributed by atoms with Crippen LogP contribution in [0.1, 0.15) is 62.2 Å². The second-order valence-corrected chi connectivity index (χ2v) is 8.70. The van der Waals surface area contributed by atoms with E-state index in [4.69, 9.17) is 21.1 Å². The van der Waals surface area contributed by atoms with Gasteiger partial charge in [0.15, 0.2) is 0 Å². The average Bonchev–Trinajstić information content (AvgIpc) is 2.79. The number of carbonyl (C=O) groups is 3. The number of nitrogens with one attached hydrogen (secondary N) is 1. The van der Waals surface area contributed by atoms with Crippen LogP contribution in [0.25, 0.3) is 0 Å². The maximum atomic E-state index is 13.0. The Hall–Kier alpha value is -2.28. The fourth-order valence-corrected chi connectivity index (χ4v) is 4.68. The molecule has 1 aromatic rings. The zero-order chi connectivity index (χ0) is 22.4. The highest BCUT2D eigenvalue weighted by Gasteiger charge is 2.43. The van der Waals surface area contributed by atoms with Gasteiger partial charge in [-0.1, -0.05) is 30.9 Å². The molecule has 1 aliphatic heterocycles. The lowest BCUT2D eigenvalue weighted by Crippen LogP contribution is -2.58. The van der Waals surface area contributed by atoms with Crippen molar-refractivity contribution >= 4 is 29.4 Å². The van der Waals surface area contributed by atoms with Gasteiger partial charge >= 0.3 is 5.97 Å². The van der Waals surface area contributed by atoms with Gasteiger partial charge in [0, 0.05) is 24.0 Å². The number of hydrogen-bond acceptors (Lipinski definition) is 5. The number of ether oxygens (including phenoxy) is 2. The van der Waals surface area contributed by atoms with Crippen LogP contribution in [0.4, 0.5) is 0 Å². The lowest BCUT2D eigenvalue weighted by Gasteiger charge is -2.38. The van der Waals surface area contributed by atoms with Crippen molar-refractivity contribution in [2.75, 3.05) is 26.8 Å². The van der Waals surface area contributed by atoms with Gasteiger partial charge in [0.2, 0.25) is 5.91 Å². The van der Waals surface area contributed by atoms with E-state index in [1.165, 1.54) is 7.11 Å². The standard InChI is InChI=1S/C23H31ClN2O5/c1-3-31-22(29)23(11-5-4-6-12-23)25-20(27)16-9-13-26(14-10-16)21(28)18-15-17(24)7-8-19(18)30-2/h7-8,15-16H,3-6,9-14H2,1-2H3,(H,25,27). The third-order valence-corrected chi connectivity index (χ3v) is 6.52. The summed E-state index contributed by atoms with van der Waals surface area (Å²) < 4.78 is 10.6. The van der Waals surface area contributed by atoms with Gasteiger partial charge in [-0.2, -0.15) is 0 Å². The highest BCUT2D eigenvalue weighted by Crippen LogP contribution is 2.31. The third-order valence-electron chi connectivity index (χ3n) is 6.28. The molecule has 0 radical (unpaired) electrons. The van der Waals surface area contributed by atoms with E-state index < -0.39 is 5.54 Å². The molecule has 0 aromatic heterocycles. The summed E-state index contributed by atoms with van der Waals surface area (Å²) in [6.45, 7) is 2.99. The van der Waals surface area contributed by atoms with Gasteiger partial charge in [0.05, 0.1) is 19.3 Å². The van der Waals surface area contributed by atoms with Gasteiger partial charge < -0.3 is 19.7 Å². The average molecular weight is 451 g/mol. The second-order valence-electron chi connectivity index (χ2n) is 8.26. The van der Waals surface area contributed by atoms with E-state index in [-0.39, 0.29) is 23.7 Å². The Morgan fingerprint density at radius 1 is 1.16 bits per heavy atom. The minimum absolute atomic E-state index is 0.123. The van der Waals surface area contributed by atoms with Crippen molar-refractivity contribution in [1.82, 2.24) is 10.2 Å². The molecule has 3 rings (SSSR count). The molecule has 2 amide bonds. The monoisotopic (exact) mass is 450 g/mol. The van der Waals surface area contributed by atoms with Crippen LogP contribution in [0.2, 0.25) is 5.02 Å². The van der Waals surface area contributed by atoms with Crippen molar-refractivity contribution < 1.29 is 23.9 Å². The highest BCUT2D eigenvalue weighted by molar-refractivity contribution is 6.31. The molecule has 0 atom stereocenters. The number of piperidine rings is 1. The Bertz CT molecular complexity index is 814. The molecule has 170 valence electrons. The smallest absolute Gasteiger partial charge is 0.331 e. The quantitative estimate of drug-likeness (QED) is 0.669. The fraction of sp³-hybridized carbons (Fsp3) is 0.609. The largest absolute Gasteiger partial charge is 0.496 e. The van der Waals surface area contributed by atoms with Crippen molar-refractivity contribution in [3.8, 4) is 5.75 Å². The van der Waals surface area contributed by atoms with E-state index >= 15 is 0 Å². The molecule has 1 N–H and O–H groups in total. The summed E-state index contributed by atoms with van der Waals surface area (Å²) in [5, 5.41) is 3.50. The minimum atomic E-state index is -0.910. The summed E-state index contributed by atoms with van der Waals surface area (Å²) in [5.74, 6) is -0.374. The molecule has 7 nitrogen and oxygen atoms in total. The number of hydrogen-bond donors (Lipinski definition) is 1.